The highest BCUT2D eigenvalue weighted by Crippen LogP contribution is 2.35. The lowest BCUT2D eigenvalue weighted by molar-refractivity contribution is 0.0696. The first-order valence-electron chi connectivity index (χ1n) is 11.2. The number of nitrogens with zero attached hydrogens (tertiary/aromatic N) is 3. The van der Waals surface area contributed by atoms with Gasteiger partial charge in [0.2, 0.25) is 5.88 Å². The number of methoxy groups -OCH3 is 2. The lowest BCUT2D eigenvalue weighted by atomic mass is 10.0. The summed E-state index contributed by atoms with van der Waals surface area (Å²) in [7, 11) is 2.96. The van der Waals surface area contributed by atoms with Gasteiger partial charge in [-0.3, -0.25) is 9.78 Å². The molecule has 0 fully saturated rings. The number of pyridine rings is 1. The number of ether oxygens (including phenoxy) is 2. The molecule has 11 nitrogen and oxygen atoms in total. The predicted molar refractivity (Wildman–Crippen MR) is 139 cm³/mol. The number of hydrogen-bond acceptors (Lipinski definition) is 9. The van der Waals surface area contributed by atoms with Crippen molar-refractivity contribution in [1.82, 2.24) is 15.0 Å². The maximum atomic E-state index is 12.3. The van der Waals surface area contributed by atoms with E-state index < -0.39 is 11.9 Å². The summed E-state index contributed by atoms with van der Waals surface area (Å²) in [4.78, 5) is 36.9. The summed E-state index contributed by atoms with van der Waals surface area (Å²) in [5, 5.41) is 13.4. The smallest absolute Gasteiger partial charge is 0.335 e. The average molecular weight is 511 g/mol. The summed E-state index contributed by atoms with van der Waals surface area (Å²) in [6, 6.07) is 12.0. The van der Waals surface area contributed by atoms with Crippen LogP contribution in [-0.4, -0.2) is 46.2 Å². The van der Waals surface area contributed by atoms with E-state index in [9.17, 15) is 14.7 Å². The molecule has 0 aliphatic carbocycles. The molecule has 0 saturated heterocycles. The molecule has 0 bridgehead atoms. The van der Waals surface area contributed by atoms with Crippen LogP contribution < -0.4 is 20.5 Å². The lowest BCUT2D eigenvalue weighted by Crippen LogP contribution is -2.14. The molecule has 5 rings (SSSR count). The number of anilines is 2. The van der Waals surface area contributed by atoms with Crippen molar-refractivity contribution in [1.29, 1.82) is 0 Å². The number of aromatic nitrogens is 3. The minimum Gasteiger partial charge on any atom is -0.480 e. The molecule has 1 amide bonds. The van der Waals surface area contributed by atoms with Gasteiger partial charge in [-0.15, -0.1) is 0 Å². The van der Waals surface area contributed by atoms with E-state index in [-0.39, 0.29) is 17.1 Å². The molecule has 190 valence electrons. The van der Waals surface area contributed by atoms with E-state index >= 15 is 0 Å². The molecule has 0 unspecified atom stereocenters. The molecule has 4 N–H and O–H groups in total. The van der Waals surface area contributed by atoms with Gasteiger partial charge in [-0.25, -0.2) is 9.78 Å². The third kappa shape index (κ3) is 4.55. The van der Waals surface area contributed by atoms with Gasteiger partial charge in [-0.2, -0.15) is 4.98 Å². The van der Waals surface area contributed by atoms with Crippen molar-refractivity contribution < 1.29 is 28.6 Å². The normalized spacial score (nSPS) is 10.8. The number of amides is 1. The summed E-state index contributed by atoms with van der Waals surface area (Å²) >= 11 is 0. The standard InChI is InChI=1S/C27H21N5O6/c1-36-25-20(11-30-27(32-25)37-2)14-3-4-19-22(10-14)29-12-21(24(28)33)23(19)31-18-8-16(15-5-6-38-13-15)7-17(9-18)26(34)35/h3-13H,1-2H3,(H2,28,33)(H,29,31)(H,34,35). The first kappa shape index (κ1) is 24.3. The Labute approximate surface area is 215 Å². The number of carbonyl (C=O) groups excluding carboxylic acids is 1. The Kier molecular flexibility index (Phi) is 6.32. The van der Waals surface area contributed by atoms with Gasteiger partial charge in [-0.1, -0.05) is 12.1 Å². The number of carboxylic acids is 1. The molecule has 0 aliphatic rings. The Hall–Kier alpha value is -5.45. The van der Waals surface area contributed by atoms with Crippen molar-refractivity contribution in [2.45, 2.75) is 0 Å². The third-order valence-electron chi connectivity index (χ3n) is 5.86. The molecule has 5 aromatic rings. The maximum Gasteiger partial charge on any atom is 0.335 e. The highest BCUT2D eigenvalue weighted by atomic mass is 16.5. The summed E-state index contributed by atoms with van der Waals surface area (Å²) < 4.78 is 15.6. The molecule has 0 saturated carbocycles. The second kappa shape index (κ2) is 9.90. The molecule has 0 aliphatic heterocycles. The van der Waals surface area contributed by atoms with Crippen LogP contribution in [0.5, 0.6) is 11.9 Å². The predicted octanol–water partition coefficient (Wildman–Crippen LogP) is 4.51. The zero-order valence-electron chi connectivity index (χ0n) is 20.3. The van der Waals surface area contributed by atoms with Crippen LogP contribution in [0.3, 0.4) is 0 Å². The number of primary amides is 1. The van der Waals surface area contributed by atoms with Gasteiger partial charge in [0.15, 0.2) is 0 Å². The summed E-state index contributed by atoms with van der Waals surface area (Å²) in [5.41, 5.74) is 9.87. The van der Waals surface area contributed by atoms with Crippen LogP contribution >= 0.6 is 0 Å². The quantitative estimate of drug-likeness (QED) is 0.270. The fourth-order valence-electron chi connectivity index (χ4n) is 4.05. The molecule has 3 heterocycles. The van der Waals surface area contributed by atoms with E-state index in [1.807, 2.05) is 0 Å². The third-order valence-corrected chi connectivity index (χ3v) is 5.86. The van der Waals surface area contributed by atoms with Crippen LogP contribution in [0.25, 0.3) is 33.2 Å². The van der Waals surface area contributed by atoms with Crippen LogP contribution in [0.15, 0.2) is 71.8 Å². The monoisotopic (exact) mass is 511 g/mol. The molecule has 38 heavy (non-hydrogen) atoms. The Morgan fingerprint density at radius 3 is 2.50 bits per heavy atom. The summed E-state index contributed by atoms with van der Waals surface area (Å²) in [5.74, 6) is -1.48. The fourth-order valence-corrected chi connectivity index (χ4v) is 4.05. The van der Waals surface area contributed by atoms with Crippen molar-refractivity contribution in [3.63, 3.8) is 0 Å². The first-order chi connectivity index (χ1) is 18.4. The largest absolute Gasteiger partial charge is 0.480 e. The molecule has 0 radical (unpaired) electrons. The van der Waals surface area contributed by atoms with E-state index in [4.69, 9.17) is 19.6 Å². The van der Waals surface area contributed by atoms with Crippen LogP contribution in [0.4, 0.5) is 11.4 Å². The SMILES string of the molecule is COc1ncc(-c2ccc3c(Nc4cc(C(=O)O)cc(-c5ccoc5)c4)c(C(N)=O)cnc3c2)c(OC)n1. The molecule has 0 spiro atoms. The number of furan rings is 1. The highest BCUT2D eigenvalue weighted by Gasteiger charge is 2.18. The Morgan fingerprint density at radius 1 is 0.974 bits per heavy atom. The van der Waals surface area contributed by atoms with Crippen molar-refractivity contribution in [2.75, 3.05) is 19.5 Å². The number of hydrogen-bond donors (Lipinski definition) is 3. The Bertz CT molecular complexity index is 1680. The fraction of sp³-hybridized carbons (Fsp3) is 0.0741. The van der Waals surface area contributed by atoms with Crippen LogP contribution in [-0.2, 0) is 0 Å². The van der Waals surface area contributed by atoms with Crippen LogP contribution in [0.1, 0.15) is 20.7 Å². The van der Waals surface area contributed by atoms with Crippen LogP contribution in [0.2, 0.25) is 0 Å². The van der Waals surface area contributed by atoms with Crippen molar-refractivity contribution in [2.24, 2.45) is 5.73 Å². The summed E-state index contributed by atoms with van der Waals surface area (Å²) in [6.07, 6.45) is 5.96. The molecule has 0 atom stereocenters. The van der Waals surface area contributed by atoms with E-state index in [0.29, 0.717) is 44.8 Å². The van der Waals surface area contributed by atoms with E-state index in [0.717, 1.165) is 5.56 Å². The minimum absolute atomic E-state index is 0.0547. The first-order valence-corrected chi connectivity index (χ1v) is 11.2. The number of nitrogens with two attached hydrogens (primary N) is 1. The minimum atomic E-state index is -1.10. The number of fused-ring (bicyclic) bond motifs is 1. The van der Waals surface area contributed by atoms with Gasteiger partial charge in [-0.05, 0) is 41.5 Å². The van der Waals surface area contributed by atoms with Crippen molar-refractivity contribution in [3.05, 3.63) is 78.5 Å². The molecular formula is C27H21N5O6. The van der Waals surface area contributed by atoms with Gasteiger partial charge in [0.1, 0.15) is 0 Å². The highest BCUT2D eigenvalue weighted by molar-refractivity contribution is 6.08. The average Bonchev–Trinajstić information content (AvgIpc) is 3.47. The van der Waals surface area contributed by atoms with Crippen LogP contribution in [0, 0.1) is 0 Å². The number of nitrogens with one attached hydrogen (secondary N) is 1. The maximum absolute atomic E-state index is 12.3. The molecular weight excluding hydrogens is 490 g/mol. The Balaban J connectivity index is 1.63. The van der Waals surface area contributed by atoms with Gasteiger partial charge >= 0.3 is 12.0 Å². The zero-order chi connectivity index (χ0) is 26.8. The number of benzene rings is 2. The Morgan fingerprint density at radius 2 is 1.82 bits per heavy atom. The lowest BCUT2D eigenvalue weighted by Gasteiger charge is -2.15. The van der Waals surface area contributed by atoms with Gasteiger partial charge in [0.25, 0.3) is 5.91 Å². The molecule has 3 aromatic heterocycles. The van der Waals surface area contributed by atoms with Gasteiger partial charge < -0.3 is 30.0 Å². The second-order valence-corrected chi connectivity index (χ2v) is 8.16. The molecule has 11 heteroatoms. The number of rotatable bonds is 8. The van der Waals surface area contributed by atoms with Crippen molar-refractivity contribution >= 4 is 34.2 Å². The topological polar surface area (TPSA) is 163 Å². The van der Waals surface area contributed by atoms with E-state index in [1.165, 1.54) is 45.1 Å². The van der Waals surface area contributed by atoms with E-state index in [2.05, 4.69) is 20.3 Å². The molecule has 2 aromatic carbocycles. The number of aromatic carboxylic acids is 1. The summed E-state index contributed by atoms with van der Waals surface area (Å²) in [6.45, 7) is 0. The van der Waals surface area contributed by atoms with E-state index in [1.54, 1.807) is 36.5 Å². The second-order valence-electron chi connectivity index (χ2n) is 8.16. The van der Waals surface area contributed by atoms with Crippen molar-refractivity contribution in [3.8, 4) is 34.1 Å². The van der Waals surface area contributed by atoms with Gasteiger partial charge in [0.05, 0.1) is 54.6 Å². The zero-order valence-corrected chi connectivity index (χ0v) is 20.3. The number of carboxylic acid groups (broad SMARTS) is 1. The number of carbonyl (C=O) groups is 2. The van der Waals surface area contributed by atoms with Gasteiger partial charge in [0, 0.05) is 29.0 Å².